The zero-order chi connectivity index (χ0) is 13.3. The topological polar surface area (TPSA) is 46.6 Å². The molecule has 0 aliphatic carbocycles. The molecule has 1 aliphatic rings. The minimum atomic E-state index is -0.934. The van der Waals surface area contributed by atoms with Crippen LogP contribution in [0.15, 0.2) is 0 Å². The Morgan fingerprint density at radius 3 is 2.41 bits per heavy atom. The molecule has 1 atom stereocenters. The van der Waals surface area contributed by atoms with Gasteiger partial charge in [0.1, 0.15) is 11.0 Å². The van der Waals surface area contributed by atoms with Crippen molar-refractivity contribution in [1.82, 2.24) is 4.90 Å². The molecule has 1 saturated heterocycles. The average Bonchev–Trinajstić information content (AvgIpc) is 2.45. The second kappa shape index (κ2) is 4.67. The first-order chi connectivity index (χ1) is 7.73. The molecule has 1 rings (SSSR count). The maximum atomic E-state index is 12.3. The molecule has 0 saturated carbocycles. The minimum Gasteiger partial charge on any atom is -0.459 e. The molecule has 98 valence electrons. The van der Waals surface area contributed by atoms with Gasteiger partial charge in [-0.2, -0.15) is 0 Å². The third-order valence-electron chi connectivity index (χ3n) is 3.10. The van der Waals surface area contributed by atoms with Gasteiger partial charge in [0.2, 0.25) is 5.91 Å². The van der Waals surface area contributed by atoms with E-state index in [4.69, 9.17) is 4.74 Å². The number of nitrogens with zero attached hydrogens (tertiary/aromatic N) is 1. The molecule has 0 N–H and O–H groups in total. The lowest BCUT2D eigenvalue weighted by Crippen LogP contribution is -2.43. The predicted octanol–water partition coefficient (Wildman–Crippen LogP) is 1.98. The summed E-state index contributed by atoms with van der Waals surface area (Å²) in [5.41, 5.74) is -1.48. The number of likely N-dealkylation sites (tertiary alicyclic amines) is 1. The van der Waals surface area contributed by atoms with Crippen LogP contribution >= 0.6 is 0 Å². The van der Waals surface area contributed by atoms with Gasteiger partial charge in [-0.15, -0.1) is 0 Å². The molecule has 4 nitrogen and oxygen atoms in total. The molecule has 1 heterocycles. The molecule has 0 aromatic carbocycles. The number of carbonyl (C=O) groups excluding carboxylic acids is 2. The standard InChI is InChI=1S/C13H23NO3/c1-6-7-13(8-9-14(5)10(13)15)11(16)17-12(2,3)4/h6-9H2,1-5H3. The van der Waals surface area contributed by atoms with Gasteiger partial charge < -0.3 is 9.64 Å². The number of ether oxygens (including phenoxy) is 1. The van der Waals surface area contributed by atoms with Crippen LogP contribution in [-0.4, -0.2) is 36.0 Å². The molecule has 1 fully saturated rings. The zero-order valence-electron chi connectivity index (χ0n) is 11.5. The maximum Gasteiger partial charge on any atom is 0.322 e. The third-order valence-corrected chi connectivity index (χ3v) is 3.10. The van der Waals surface area contributed by atoms with Crippen LogP contribution in [0.25, 0.3) is 0 Å². The highest BCUT2D eigenvalue weighted by atomic mass is 16.6. The first-order valence-corrected chi connectivity index (χ1v) is 6.22. The van der Waals surface area contributed by atoms with E-state index in [9.17, 15) is 9.59 Å². The van der Waals surface area contributed by atoms with Crippen molar-refractivity contribution in [1.29, 1.82) is 0 Å². The fraction of sp³-hybridized carbons (Fsp3) is 0.846. The Morgan fingerprint density at radius 1 is 1.47 bits per heavy atom. The van der Waals surface area contributed by atoms with E-state index in [-0.39, 0.29) is 11.9 Å². The van der Waals surface area contributed by atoms with E-state index in [0.717, 1.165) is 6.42 Å². The zero-order valence-corrected chi connectivity index (χ0v) is 11.5. The summed E-state index contributed by atoms with van der Waals surface area (Å²) in [6.07, 6.45) is 1.95. The number of hydrogen-bond donors (Lipinski definition) is 0. The second-order valence-electron chi connectivity index (χ2n) is 5.81. The SMILES string of the molecule is CCCC1(C(=O)OC(C)(C)C)CCN(C)C1=O. The molecule has 0 aromatic rings. The Kier molecular flexibility index (Phi) is 3.84. The highest BCUT2D eigenvalue weighted by Gasteiger charge is 2.52. The van der Waals surface area contributed by atoms with Crippen molar-refractivity contribution in [3.05, 3.63) is 0 Å². The van der Waals surface area contributed by atoms with Crippen molar-refractivity contribution >= 4 is 11.9 Å². The summed E-state index contributed by atoms with van der Waals surface area (Å²) in [4.78, 5) is 26.1. The van der Waals surface area contributed by atoms with Gasteiger partial charge in [0.25, 0.3) is 0 Å². The summed E-state index contributed by atoms with van der Waals surface area (Å²) in [7, 11) is 1.74. The molecule has 17 heavy (non-hydrogen) atoms. The quantitative estimate of drug-likeness (QED) is 0.560. The fourth-order valence-electron chi connectivity index (χ4n) is 2.26. The van der Waals surface area contributed by atoms with E-state index >= 15 is 0 Å². The van der Waals surface area contributed by atoms with Crippen molar-refractivity contribution in [2.45, 2.75) is 52.6 Å². The average molecular weight is 241 g/mol. The number of carbonyl (C=O) groups is 2. The predicted molar refractivity (Wildman–Crippen MR) is 65.4 cm³/mol. The van der Waals surface area contributed by atoms with Crippen LogP contribution in [0.2, 0.25) is 0 Å². The van der Waals surface area contributed by atoms with Gasteiger partial charge in [-0.25, -0.2) is 0 Å². The van der Waals surface area contributed by atoms with E-state index in [1.165, 1.54) is 0 Å². The summed E-state index contributed by atoms with van der Waals surface area (Å²) in [5, 5.41) is 0. The summed E-state index contributed by atoms with van der Waals surface area (Å²) in [6.45, 7) is 8.10. The van der Waals surface area contributed by atoms with Crippen molar-refractivity contribution in [2.24, 2.45) is 5.41 Å². The van der Waals surface area contributed by atoms with E-state index in [1.807, 2.05) is 27.7 Å². The minimum absolute atomic E-state index is 0.0893. The van der Waals surface area contributed by atoms with Crippen LogP contribution in [0.5, 0.6) is 0 Å². The summed E-state index contributed by atoms with van der Waals surface area (Å²) in [5.74, 6) is -0.449. The van der Waals surface area contributed by atoms with Crippen LogP contribution in [0.4, 0.5) is 0 Å². The highest BCUT2D eigenvalue weighted by molar-refractivity contribution is 6.04. The normalized spacial score (nSPS) is 25.2. The smallest absolute Gasteiger partial charge is 0.322 e. The fourth-order valence-corrected chi connectivity index (χ4v) is 2.26. The first-order valence-electron chi connectivity index (χ1n) is 6.22. The second-order valence-corrected chi connectivity index (χ2v) is 5.81. The van der Waals surface area contributed by atoms with Gasteiger partial charge in [0, 0.05) is 13.6 Å². The molecule has 1 unspecified atom stereocenters. The Labute approximate surface area is 103 Å². The largest absolute Gasteiger partial charge is 0.459 e. The number of esters is 1. The van der Waals surface area contributed by atoms with E-state index in [0.29, 0.717) is 19.4 Å². The molecular weight excluding hydrogens is 218 g/mol. The van der Waals surface area contributed by atoms with Crippen LogP contribution in [-0.2, 0) is 14.3 Å². The lowest BCUT2D eigenvalue weighted by Gasteiger charge is -2.29. The van der Waals surface area contributed by atoms with Crippen LogP contribution < -0.4 is 0 Å². The van der Waals surface area contributed by atoms with Gasteiger partial charge in [0.15, 0.2) is 0 Å². The van der Waals surface area contributed by atoms with Crippen LogP contribution in [0, 0.1) is 5.41 Å². The van der Waals surface area contributed by atoms with Crippen molar-refractivity contribution in [3.8, 4) is 0 Å². The van der Waals surface area contributed by atoms with E-state index in [2.05, 4.69) is 0 Å². The number of amides is 1. The highest BCUT2D eigenvalue weighted by Crippen LogP contribution is 2.38. The molecule has 0 spiro atoms. The van der Waals surface area contributed by atoms with Crippen LogP contribution in [0.1, 0.15) is 47.0 Å². The van der Waals surface area contributed by atoms with Gasteiger partial charge in [-0.1, -0.05) is 13.3 Å². The van der Waals surface area contributed by atoms with Gasteiger partial charge >= 0.3 is 5.97 Å². The number of rotatable bonds is 3. The molecule has 0 aromatic heterocycles. The Morgan fingerprint density at radius 2 is 2.06 bits per heavy atom. The summed E-state index contributed by atoms with van der Waals surface area (Å²) >= 11 is 0. The Balaban J connectivity index is 2.93. The van der Waals surface area contributed by atoms with Gasteiger partial charge in [-0.3, -0.25) is 9.59 Å². The first kappa shape index (κ1) is 14.0. The summed E-state index contributed by atoms with van der Waals surface area (Å²) < 4.78 is 5.41. The van der Waals surface area contributed by atoms with Crippen molar-refractivity contribution in [3.63, 3.8) is 0 Å². The lowest BCUT2D eigenvalue weighted by molar-refractivity contribution is -0.171. The molecule has 0 radical (unpaired) electrons. The molecule has 1 aliphatic heterocycles. The van der Waals surface area contributed by atoms with E-state index in [1.54, 1.807) is 11.9 Å². The van der Waals surface area contributed by atoms with E-state index < -0.39 is 11.0 Å². The van der Waals surface area contributed by atoms with Crippen molar-refractivity contribution < 1.29 is 14.3 Å². The molecular formula is C13H23NO3. The molecule has 0 bridgehead atoms. The van der Waals surface area contributed by atoms with Gasteiger partial charge in [0.05, 0.1) is 0 Å². The molecule has 1 amide bonds. The number of hydrogen-bond acceptors (Lipinski definition) is 3. The van der Waals surface area contributed by atoms with Crippen molar-refractivity contribution in [2.75, 3.05) is 13.6 Å². The molecule has 4 heteroatoms. The lowest BCUT2D eigenvalue weighted by atomic mass is 9.81. The maximum absolute atomic E-state index is 12.3. The Hall–Kier alpha value is -1.06. The Bertz CT molecular complexity index is 315. The summed E-state index contributed by atoms with van der Waals surface area (Å²) in [6, 6.07) is 0. The monoisotopic (exact) mass is 241 g/mol. The van der Waals surface area contributed by atoms with Crippen LogP contribution in [0.3, 0.4) is 0 Å². The van der Waals surface area contributed by atoms with Gasteiger partial charge in [-0.05, 0) is 33.6 Å². The third kappa shape index (κ3) is 2.79.